The summed E-state index contributed by atoms with van der Waals surface area (Å²) in [5, 5.41) is 0. The number of hydrogen-bond donors (Lipinski definition) is 0. The van der Waals surface area contributed by atoms with Crippen molar-refractivity contribution in [2.45, 2.75) is 50.5 Å². The first-order valence-corrected chi connectivity index (χ1v) is 8.97. The molecule has 1 aliphatic carbocycles. The van der Waals surface area contributed by atoms with E-state index in [0.717, 1.165) is 0 Å². The number of hydrogen-bond acceptors (Lipinski definition) is 5. The molecule has 1 aliphatic heterocycles. The van der Waals surface area contributed by atoms with Gasteiger partial charge in [0.2, 0.25) is 0 Å². The fourth-order valence-electron chi connectivity index (χ4n) is 2.69. The van der Waals surface area contributed by atoms with E-state index < -0.39 is 29.8 Å². The van der Waals surface area contributed by atoms with Crippen LogP contribution >= 0.6 is 0 Å². The third-order valence-corrected chi connectivity index (χ3v) is 4.27. The van der Waals surface area contributed by atoms with Crippen LogP contribution in [0, 0.1) is 5.92 Å². The summed E-state index contributed by atoms with van der Waals surface area (Å²) in [6, 6.07) is 0. The Labute approximate surface area is 135 Å². The van der Waals surface area contributed by atoms with Crippen molar-refractivity contribution in [3.05, 3.63) is 12.2 Å². The number of rotatable bonds is 5. The van der Waals surface area contributed by atoms with Crippen molar-refractivity contribution in [3.8, 4) is 0 Å². The third kappa shape index (κ3) is 7.30. The Morgan fingerprint density at radius 1 is 1.04 bits per heavy atom. The molecule has 1 heterocycles. The van der Waals surface area contributed by atoms with Crippen molar-refractivity contribution in [1.29, 1.82) is 0 Å². The van der Waals surface area contributed by atoms with Crippen LogP contribution in [-0.4, -0.2) is 48.5 Å². The number of allylic oxidation sites excluding steroid dienone is 1. The Bertz CT molecular complexity index is 413. The first kappa shape index (κ1) is 18.9. The zero-order valence-corrected chi connectivity index (χ0v) is 13.6. The molecule has 0 N–H and O–H groups in total. The fraction of sp³-hybridized carbons (Fsp3) is 0.857. The molecule has 0 bridgehead atoms. The van der Waals surface area contributed by atoms with E-state index in [-0.39, 0.29) is 12.0 Å². The van der Waals surface area contributed by atoms with Gasteiger partial charge < -0.3 is 9.47 Å². The second-order valence-electron chi connectivity index (χ2n) is 5.64. The van der Waals surface area contributed by atoms with E-state index in [9.17, 15) is 17.4 Å². The number of ether oxygens (including phenoxy) is 3. The minimum absolute atomic E-state index is 0.201. The first-order chi connectivity index (χ1) is 10.8. The molecule has 0 spiro atoms. The van der Waals surface area contributed by atoms with Crippen molar-refractivity contribution in [3.63, 3.8) is 0 Å². The Kier molecular flexibility index (Phi) is 7.02. The average Bonchev–Trinajstić information content (AvgIpc) is 2.46. The lowest BCUT2D eigenvalue weighted by atomic mass is 9.87. The van der Waals surface area contributed by atoms with E-state index in [4.69, 9.17) is 13.7 Å². The van der Waals surface area contributed by atoms with Gasteiger partial charge in [-0.2, -0.15) is 0 Å². The molecule has 1 saturated heterocycles. The molecule has 0 aromatic rings. The molecule has 5 nitrogen and oxygen atoms in total. The molecular weight excluding hydrogens is 337 g/mol. The maximum absolute atomic E-state index is 12.1. The maximum Gasteiger partial charge on any atom is 0.522 e. The molecular formula is C14H21F3O5S. The second kappa shape index (κ2) is 8.57. The lowest BCUT2D eigenvalue weighted by Gasteiger charge is -2.29. The summed E-state index contributed by atoms with van der Waals surface area (Å²) >= 11 is -1.36. The van der Waals surface area contributed by atoms with Crippen molar-refractivity contribution in [2.24, 2.45) is 5.92 Å². The second-order valence-corrected chi connectivity index (χ2v) is 6.64. The van der Waals surface area contributed by atoms with Crippen LogP contribution in [0.25, 0.3) is 0 Å². The molecule has 1 unspecified atom stereocenters. The highest BCUT2D eigenvalue weighted by Gasteiger charge is 2.35. The van der Waals surface area contributed by atoms with Gasteiger partial charge in [0, 0.05) is 6.26 Å². The third-order valence-electron chi connectivity index (χ3n) is 3.72. The van der Waals surface area contributed by atoms with Crippen molar-refractivity contribution < 1.29 is 35.8 Å². The zero-order valence-electron chi connectivity index (χ0n) is 12.8. The normalized spacial score (nSPS) is 34.6. The SMILES string of the molecule is CS(=O)OC1COC(/C=C/C2CCC(OC(F)(F)F)CC2)OC1. The van der Waals surface area contributed by atoms with Crippen LogP contribution in [0.5, 0.6) is 0 Å². The molecule has 134 valence electrons. The van der Waals surface area contributed by atoms with Gasteiger partial charge in [-0.05, 0) is 37.7 Å². The summed E-state index contributed by atoms with van der Waals surface area (Å²) < 4.78 is 67.3. The van der Waals surface area contributed by atoms with E-state index in [2.05, 4.69) is 4.74 Å². The van der Waals surface area contributed by atoms with Gasteiger partial charge in [-0.15, -0.1) is 13.2 Å². The summed E-state index contributed by atoms with van der Waals surface area (Å²) in [6.45, 7) is 0.585. The summed E-state index contributed by atoms with van der Waals surface area (Å²) in [5.74, 6) is 0.201. The topological polar surface area (TPSA) is 54.0 Å². The molecule has 1 atom stereocenters. The van der Waals surface area contributed by atoms with Gasteiger partial charge in [-0.25, -0.2) is 4.21 Å². The summed E-state index contributed by atoms with van der Waals surface area (Å²) in [4.78, 5) is 0. The first-order valence-electron chi connectivity index (χ1n) is 7.48. The van der Waals surface area contributed by atoms with Crippen molar-refractivity contribution in [2.75, 3.05) is 19.5 Å². The van der Waals surface area contributed by atoms with Crippen molar-refractivity contribution >= 4 is 11.1 Å². The van der Waals surface area contributed by atoms with E-state index in [1.54, 1.807) is 6.08 Å². The van der Waals surface area contributed by atoms with Crippen LogP contribution in [0.1, 0.15) is 25.7 Å². The van der Waals surface area contributed by atoms with Gasteiger partial charge in [0.15, 0.2) is 17.4 Å². The van der Waals surface area contributed by atoms with E-state index in [1.807, 2.05) is 6.08 Å². The highest BCUT2D eigenvalue weighted by Crippen LogP contribution is 2.31. The monoisotopic (exact) mass is 358 g/mol. The van der Waals surface area contributed by atoms with Crippen LogP contribution in [0.3, 0.4) is 0 Å². The average molecular weight is 358 g/mol. The number of alkyl halides is 3. The van der Waals surface area contributed by atoms with Gasteiger partial charge >= 0.3 is 6.36 Å². The molecule has 0 aromatic heterocycles. The van der Waals surface area contributed by atoms with Crippen LogP contribution < -0.4 is 0 Å². The summed E-state index contributed by atoms with van der Waals surface area (Å²) in [5.41, 5.74) is 0. The molecule has 23 heavy (non-hydrogen) atoms. The van der Waals surface area contributed by atoms with Gasteiger partial charge in [0.1, 0.15) is 6.10 Å². The van der Waals surface area contributed by atoms with Crippen LogP contribution in [-0.2, 0) is 29.5 Å². The maximum atomic E-state index is 12.1. The highest BCUT2D eigenvalue weighted by atomic mass is 32.2. The van der Waals surface area contributed by atoms with Crippen LogP contribution in [0.2, 0.25) is 0 Å². The van der Waals surface area contributed by atoms with E-state index in [1.165, 1.54) is 6.26 Å². The highest BCUT2D eigenvalue weighted by molar-refractivity contribution is 7.79. The predicted octanol–water partition coefficient (Wildman–Crippen LogP) is 2.69. The molecule has 1 saturated carbocycles. The largest absolute Gasteiger partial charge is 0.522 e. The standard InChI is InChI=1S/C14H21F3O5S/c1-23(18)22-12-8-19-13(20-9-12)7-4-10-2-5-11(6-3-10)21-14(15,16)17/h4,7,10-13H,2-3,5-6,8-9H2,1H3/b7-4+. The zero-order chi connectivity index (χ0) is 16.9. The van der Waals surface area contributed by atoms with Crippen LogP contribution in [0.15, 0.2) is 12.2 Å². The minimum atomic E-state index is -4.56. The van der Waals surface area contributed by atoms with Crippen LogP contribution in [0.4, 0.5) is 13.2 Å². The number of halogens is 3. The molecule has 2 aliphatic rings. The van der Waals surface area contributed by atoms with Gasteiger partial charge in [0.25, 0.3) is 0 Å². The lowest BCUT2D eigenvalue weighted by molar-refractivity contribution is -0.345. The van der Waals surface area contributed by atoms with Gasteiger partial charge in [0.05, 0.1) is 19.3 Å². The van der Waals surface area contributed by atoms with Crippen molar-refractivity contribution in [1.82, 2.24) is 0 Å². The molecule has 9 heteroatoms. The Hall–Kier alpha value is -0.480. The predicted molar refractivity (Wildman–Crippen MR) is 76.7 cm³/mol. The Morgan fingerprint density at radius 3 is 2.17 bits per heavy atom. The van der Waals surface area contributed by atoms with E-state index in [0.29, 0.717) is 38.9 Å². The van der Waals surface area contributed by atoms with E-state index >= 15 is 0 Å². The minimum Gasteiger partial charge on any atom is -0.346 e. The summed E-state index contributed by atoms with van der Waals surface area (Å²) in [7, 11) is 0. The van der Waals surface area contributed by atoms with Gasteiger partial charge in [-0.3, -0.25) is 8.92 Å². The lowest BCUT2D eigenvalue weighted by Crippen LogP contribution is -2.36. The Morgan fingerprint density at radius 2 is 1.65 bits per heavy atom. The molecule has 0 radical (unpaired) electrons. The smallest absolute Gasteiger partial charge is 0.346 e. The Balaban J connectivity index is 1.67. The van der Waals surface area contributed by atoms with Gasteiger partial charge in [-0.1, -0.05) is 6.08 Å². The molecule has 2 fully saturated rings. The molecule has 0 amide bonds. The summed E-state index contributed by atoms with van der Waals surface area (Å²) in [6.07, 6.45) is 1.05. The molecule has 2 rings (SSSR count). The fourth-order valence-corrected chi connectivity index (χ4v) is 3.19. The molecule has 0 aromatic carbocycles. The quantitative estimate of drug-likeness (QED) is 0.708.